The maximum Gasteiger partial charge on any atom is 0.415 e. The zero-order valence-electron chi connectivity index (χ0n) is 16.3. The summed E-state index contributed by atoms with van der Waals surface area (Å²) in [7, 11) is 0. The van der Waals surface area contributed by atoms with Crippen LogP contribution in [-0.4, -0.2) is 33.6 Å². The Labute approximate surface area is 172 Å². The van der Waals surface area contributed by atoms with E-state index in [9.17, 15) is 4.79 Å². The minimum atomic E-state index is -0.606. The lowest BCUT2D eigenvalue weighted by Crippen LogP contribution is -2.36. The number of aromatic nitrogens is 2. The van der Waals surface area contributed by atoms with E-state index < -0.39 is 11.7 Å². The van der Waals surface area contributed by atoms with Crippen molar-refractivity contribution in [2.75, 3.05) is 11.5 Å². The minimum Gasteiger partial charge on any atom is -0.443 e. The van der Waals surface area contributed by atoms with E-state index >= 15 is 0 Å². The van der Waals surface area contributed by atoms with Gasteiger partial charge in [-0.25, -0.2) is 4.79 Å². The molecule has 6 nitrogen and oxygen atoms in total. The number of rotatable bonds is 5. The van der Waals surface area contributed by atoms with Crippen molar-refractivity contribution in [3.8, 4) is 0 Å². The highest BCUT2D eigenvalue weighted by Gasteiger charge is 2.27. The first-order valence-corrected chi connectivity index (χ1v) is 10.5. The summed E-state index contributed by atoms with van der Waals surface area (Å²) in [4.78, 5) is 16.6. The summed E-state index contributed by atoms with van der Waals surface area (Å²) in [6.07, 6.45) is 4.73. The van der Waals surface area contributed by atoms with Crippen molar-refractivity contribution in [3.05, 3.63) is 45.1 Å². The molecule has 0 aliphatic carbocycles. The Bertz CT molecular complexity index is 988. The Morgan fingerprint density at radius 2 is 2.18 bits per heavy atom. The number of carbonyl (C=O) groups is 1. The molecule has 0 aliphatic rings. The summed E-state index contributed by atoms with van der Waals surface area (Å²) in [6.45, 7) is 7.87. The molecule has 3 rings (SSSR count). The SMILES string of the molecule is Cc1c(/C=C\CO)sc2c(N(Cc3cccs3)C(=O)OC(C)(C)C)cnnc12. The van der Waals surface area contributed by atoms with E-state index in [4.69, 9.17) is 9.84 Å². The molecule has 0 bridgehead atoms. The van der Waals surface area contributed by atoms with Gasteiger partial charge in [0.15, 0.2) is 0 Å². The Morgan fingerprint density at radius 3 is 2.82 bits per heavy atom. The van der Waals surface area contributed by atoms with Crippen molar-refractivity contribution in [2.24, 2.45) is 0 Å². The normalized spacial score (nSPS) is 12.0. The number of carbonyl (C=O) groups excluding carboxylic acids is 1. The number of fused-ring (bicyclic) bond motifs is 1. The third-order valence-corrected chi connectivity index (χ3v) is 6.03. The number of amides is 1. The summed E-state index contributed by atoms with van der Waals surface area (Å²) in [5, 5.41) is 19.5. The molecule has 0 aromatic carbocycles. The Hall–Kier alpha value is -2.29. The summed E-state index contributed by atoms with van der Waals surface area (Å²) < 4.78 is 6.52. The molecule has 3 aromatic heterocycles. The summed E-state index contributed by atoms with van der Waals surface area (Å²) in [6, 6.07) is 3.95. The van der Waals surface area contributed by atoms with E-state index in [2.05, 4.69) is 10.2 Å². The van der Waals surface area contributed by atoms with Gasteiger partial charge >= 0.3 is 6.09 Å². The van der Waals surface area contributed by atoms with Gasteiger partial charge in [-0.2, -0.15) is 5.10 Å². The number of thiophene rings is 2. The van der Waals surface area contributed by atoms with Crippen molar-refractivity contribution < 1.29 is 14.6 Å². The Morgan fingerprint density at radius 1 is 1.39 bits per heavy atom. The second-order valence-electron chi connectivity index (χ2n) is 7.23. The Balaban J connectivity index is 2.09. The molecule has 148 valence electrons. The molecule has 28 heavy (non-hydrogen) atoms. The highest BCUT2D eigenvalue weighted by Crippen LogP contribution is 2.37. The topological polar surface area (TPSA) is 75.5 Å². The van der Waals surface area contributed by atoms with Gasteiger partial charge in [0.05, 0.1) is 29.7 Å². The van der Waals surface area contributed by atoms with Gasteiger partial charge in [-0.1, -0.05) is 12.1 Å². The van der Waals surface area contributed by atoms with Crippen LogP contribution in [0.5, 0.6) is 0 Å². The van der Waals surface area contributed by atoms with Gasteiger partial charge in [-0.3, -0.25) is 4.90 Å². The van der Waals surface area contributed by atoms with Crippen molar-refractivity contribution in [1.29, 1.82) is 0 Å². The van der Waals surface area contributed by atoms with E-state index in [0.29, 0.717) is 12.2 Å². The fourth-order valence-corrected chi connectivity index (χ4v) is 4.53. The quantitative estimate of drug-likeness (QED) is 0.632. The van der Waals surface area contributed by atoms with Crippen LogP contribution in [-0.2, 0) is 11.3 Å². The molecule has 0 aliphatic heterocycles. The van der Waals surface area contributed by atoms with E-state index in [1.807, 2.05) is 51.3 Å². The van der Waals surface area contributed by atoms with E-state index in [1.54, 1.807) is 28.5 Å². The summed E-state index contributed by atoms with van der Waals surface area (Å²) in [5.74, 6) is 0. The number of anilines is 1. The van der Waals surface area contributed by atoms with Crippen LogP contribution in [0.2, 0.25) is 0 Å². The molecule has 0 atom stereocenters. The fourth-order valence-electron chi connectivity index (χ4n) is 2.65. The van der Waals surface area contributed by atoms with Gasteiger partial charge in [0.2, 0.25) is 0 Å². The molecule has 8 heteroatoms. The molecule has 3 heterocycles. The second-order valence-corrected chi connectivity index (χ2v) is 9.31. The molecule has 0 saturated carbocycles. The highest BCUT2D eigenvalue weighted by atomic mass is 32.1. The lowest BCUT2D eigenvalue weighted by molar-refractivity contribution is 0.0578. The minimum absolute atomic E-state index is 0.0331. The van der Waals surface area contributed by atoms with Gasteiger partial charge in [0, 0.05) is 9.75 Å². The monoisotopic (exact) mass is 417 g/mol. The molecular weight excluding hydrogens is 394 g/mol. The maximum atomic E-state index is 13.0. The van der Waals surface area contributed by atoms with Crippen molar-refractivity contribution in [2.45, 2.75) is 39.8 Å². The van der Waals surface area contributed by atoms with Crippen LogP contribution in [0.1, 0.15) is 36.1 Å². The number of hydrogen-bond donors (Lipinski definition) is 1. The molecule has 0 unspecified atom stereocenters. The third-order valence-electron chi connectivity index (χ3n) is 3.90. The molecular formula is C20H23N3O3S2. The van der Waals surface area contributed by atoms with Crippen LogP contribution < -0.4 is 4.90 Å². The lowest BCUT2D eigenvalue weighted by atomic mass is 10.2. The van der Waals surface area contributed by atoms with E-state index in [1.165, 1.54) is 11.3 Å². The standard InChI is InChI=1S/C20H23N3O3S2/c1-13-16(8-5-9-24)28-18-15(11-21-22-17(13)18)23(12-14-7-6-10-27-14)19(25)26-20(2,3)4/h5-8,10-11,24H,9,12H2,1-4H3/b8-5-. The van der Waals surface area contributed by atoms with Crippen LogP contribution in [0.25, 0.3) is 16.3 Å². The van der Waals surface area contributed by atoms with E-state index in [0.717, 1.165) is 25.5 Å². The van der Waals surface area contributed by atoms with Crippen LogP contribution in [0, 0.1) is 6.92 Å². The number of ether oxygens (including phenoxy) is 1. The predicted molar refractivity (Wildman–Crippen MR) is 115 cm³/mol. The average Bonchev–Trinajstić information content (AvgIpc) is 3.24. The van der Waals surface area contributed by atoms with Gasteiger partial charge in [-0.05, 0) is 50.8 Å². The van der Waals surface area contributed by atoms with Crippen LogP contribution in [0.4, 0.5) is 10.5 Å². The molecule has 1 amide bonds. The largest absolute Gasteiger partial charge is 0.443 e. The first kappa shape index (κ1) is 20.4. The zero-order valence-corrected chi connectivity index (χ0v) is 17.9. The van der Waals surface area contributed by atoms with Gasteiger partial charge in [0.25, 0.3) is 0 Å². The molecule has 1 N–H and O–H groups in total. The van der Waals surface area contributed by atoms with Crippen LogP contribution in [0.15, 0.2) is 29.8 Å². The first-order valence-electron chi connectivity index (χ1n) is 8.85. The predicted octanol–water partition coefficient (Wildman–Crippen LogP) is 5.01. The van der Waals surface area contributed by atoms with Gasteiger partial charge < -0.3 is 9.84 Å². The molecule has 0 fully saturated rings. The fraction of sp³-hybridized carbons (Fsp3) is 0.350. The third kappa shape index (κ3) is 4.57. The van der Waals surface area contributed by atoms with Gasteiger partial charge in [0.1, 0.15) is 11.1 Å². The molecule has 3 aromatic rings. The van der Waals surface area contributed by atoms with Crippen molar-refractivity contribution in [3.63, 3.8) is 0 Å². The average molecular weight is 418 g/mol. The van der Waals surface area contributed by atoms with Gasteiger partial charge in [-0.15, -0.1) is 27.8 Å². The highest BCUT2D eigenvalue weighted by molar-refractivity contribution is 7.20. The smallest absolute Gasteiger partial charge is 0.415 e. The second kappa shape index (κ2) is 8.38. The number of aliphatic hydroxyl groups is 1. The Kier molecular flexibility index (Phi) is 6.12. The first-order chi connectivity index (χ1) is 13.3. The molecule has 0 radical (unpaired) electrons. The van der Waals surface area contributed by atoms with Crippen molar-refractivity contribution in [1.82, 2.24) is 10.2 Å². The summed E-state index contributed by atoms with van der Waals surface area (Å²) in [5.41, 5.74) is 1.79. The zero-order chi connectivity index (χ0) is 20.3. The number of aryl methyl sites for hydroxylation is 1. The maximum absolute atomic E-state index is 13.0. The number of nitrogens with zero attached hydrogens (tertiary/aromatic N) is 3. The number of hydrogen-bond acceptors (Lipinski definition) is 7. The van der Waals surface area contributed by atoms with E-state index in [-0.39, 0.29) is 6.61 Å². The molecule has 0 saturated heterocycles. The molecule has 0 spiro atoms. The van der Waals surface area contributed by atoms with Crippen LogP contribution in [0.3, 0.4) is 0 Å². The number of aliphatic hydroxyl groups excluding tert-OH is 1. The lowest BCUT2D eigenvalue weighted by Gasteiger charge is -2.27. The van der Waals surface area contributed by atoms with Crippen LogP contribution >= 0.6 is 22.7 Å². The summed E-state index contributed by atoms with van der Waals surface area (Å²) >= 11 is 3.11. The van der Waals surface area contributed by atoms with Crippen molar-refractivity contribution >= 4 is 50.7 Å².